The highest BCUT2D eigenvalue weighted by atomic mass is 16.2. The molecule has 0 saturated carbocycles. The number of carbonyl (C=O) groups is 2. The lowest BCUT2D eigenvalue weighted by molar-refractivity contribution is -0.132. The number of anilines is 1. The monoisotopic (exact) mass is 263 g/mol. The molecule has 19 heavy (non-hydrogen) atoms. The van der Waals surface area contributed by atoms with Gasteiger partial charge in [0.15, 0.2) is 5.69 Å². The van der Waals surface area contributed by atoms with Gasteiger partial charge >= 0.3 is 0 Å². The number of nitrogens with zero attached hydrogens (tertiary/aromatic N) is 3. The molecule has 0 bridgehead atoms. The Bertz CT molecular complexity index is 474. The highest BCUT2D eigenvalue weighted by Gasteiger charge is 2.24. The van der Waals surface area contributed by atoms with E-state index < -0.39 is 0 Å². The van der Waals surface area contributed by atoms with Gasteiger partial charge in [0.2, 0.25) is 5.91 Å². The van der Waals surface area contributed by atoms with Crippen molar-refractivity contribution in [1.29, 1.82) is 0 Å². The largest absolute Gasteiger partial charge is 0.372 e. The molecule has 0 spiro atoms. The molecule has 1 aliphatic heterocycles. The second kappa shape index (κ2) is 5.64. The van der Waals surface area contributed by atoms with Crippen LogP contribution in [-0.2, 0) is 4.79 Å². The van der Waals surface area contributed by atoms with Crippen molar-refractivity contribution in [3.63, 3.8) is 0 Å². The second-order valence-corrected chi connectivity index (χ2v) is 4.54. The Balaban J connectivity index is 1.95. The average molecular weight is 263 g/mol. The first-order chi connectivity index (χ1) is 9.10. The fourth-order valence-corrected chi connectivity index (χ4v) is 1.98. The van der Waals surface area contributed by atoms with Crippen LogP contribution in [0.3, 0.4) is 0 Å². The minimum atomic E-state index is -0.261. The summed E-state index contributed by atoms with van der Waals surface area (Å²) in [4.78, 5) is 24.9. The quantitative estimate of drug-likeness (QED) is 0.793. The molecular formula is C12H17N5O2. The molecule has 1 atom stereocenters. The van der Waals surface area contributed by atoms with Crippen LogP contribution in [0.15, 0.2) is 12.1 Å². The van der Waals surface area contributed by atoms with Crippen LogP contribution in [0, 0.1) is 0 Å². The summed E-state index contributed by atoms with van der Waals surface area (Å²) in [5.74, 6) is 0.464. The number of piperidine rings is 1. The number of hydrogen-bond acceptors (Lipinski definition) is 5. The fourth-order valence-electron chi connectivity index (χ4n) is 1.98. The Labute approximate surface area is 111 Å². The van der Waals surface area contributed by atoms with Crippen LogP contribution < -0.4 is 10.6 Å². The van der Waals surface area contributed by atoms with Crippen LogP contribution in [0.2, 0.25) is 0 Å². The molecule has 2 amide bonds. The molecule has 1 saturated heterocycles. The lowest BCUT2D eigenvalue weighted by atomic mass is 10.1. The molecule has 1 aromatic heterocycles. The van der Waals surface area contributed by atoms with E-state index in [0.717, 1.165) is 0 Å². The molecular weight excluding hydrogens is 246 g/mol. The highest BCUT2D eigenvalue weighted by molar-refractivity contribution is 5.92. The molecule has 102 valence electrons. The van der Waals surface area contributed by atoms with E-state index in [1.54, 1.807) is 31.1 Å². The van der Waals surface area contributed by atoms with E-state index in [-0.39, 0.29) is 23.6 Å². The lowest BCUT2D eigenvalue weighted by Gasteiger charge is -2.29. The first-order valence-corrected chi connectivity index (χ1v) is 6.16. The van der Waals surface area contributed by atoms with E-state index in [2.05, 4.69) is 20.8 Å². The number of rotatable bonds is 3. The van der Waals surface area contributed by atoms with Crippen molar-refractivity contribution in [2.75, 3.05) is 26.0 Å². The van der Waals surface area contributed by atoms with Gasteiger partial charge in [-0.25, -0.2) is 0 Å². The van der Waals surface area contributed by atoms with Gasteiger partial charge in [0.25, 0.3) is 5.91 Å². The predicted octanol–water partition coefficient (Wildman–Crippen LogP) is -0.131. The van der Waals surface area contributed by atoms with Gasteiger partial charge in [0, 0.05) is 33.1 Å². The van der Waals surface area contributed by atoms with E-state index in [0.29, 0.717) is 25.2 Å². The van der Waals surface area contributed by atoms with Crippen molar-refractivity contribution in [3.8, 4) is 0 Å². The average Bonchev–Trinajstić information content (AvgIpc) is 2.43. The molecule has 2 heterocycles. The molecule has 2 N–H and O–H groups in total. The normalized spacial score (nSPS) is 19.2. The number of likely N-dealkylation sites (N-methyl/N-ethyl adjacent to an activating group) is 1. The van der Waals surface area contributed by atoms with Crippen LogP contribution in [0.1, 0.15) is 23.3 Å². The maximum atomic E-state index is 12.0. The summed E-state index contributed by atoms with van der Waals surface area (Å²) in [5, 5.41) is 13.4. The van der Waals surface area contributed by atoms with Crippen LogP contribution in [0.25, 0.3) is 0 Å². The van der Waals surface area contributed by atoms with Crippen LogP contribution in [0.4, 0.5) is 5.82 Å². The van der Waals surface area contributed by atoms with Gasteiger partial charge in [0.1, 0.15) is 5.82 Å². The Morgan fingerprint density at radius 1 is 1.42 bits per heavy atom. The summed E-state index contributed by atoms with van der Waals surface area (Å²) in [6, 6.07) is 3.28. The molecule has 0 radical (unpaired) electrons. The zero-order valence-electron chi connectivity index (χ0n) is 11.0. The van der Waals surface area contributed by atoms with E-state index in [4.69, 9.17) is 0 Å². The topological polar surface area (TPSA) is 87.2 Å². The van der Waals surface area contributed by atoms with E-state index >= 15 is 0 Å². The summed E-state index contributed by atoms with van der Waals surface area (Å²) in [6.45, 7) is 0.534. The van der Waals surface area contributed by atoms with Crippen molar-refractivity contribution in [3.05, 3.63) is 17.8 Å². The van der Waals surface area contributed by atoms with Crippen molar-refractivity contribution in [2.24, 2.45) is 0 Å². The van der Waals surface area contributed by atoms with Crippen LogP contribution in [-0.4, -0.2) is 53.6 Å². The van der Waals surface area contributed by atoms with E-state index in [1.807, 2.05) is 0 Å². The van der Waals surface area contributed by atoms with Crippen molar-refractivity contribution >= 4 is 17.6 Å². The Morgan fingerprint density at radius 3 is 2.79 bits per heavy atom. The molecule has 0 aliphatic carbocycles. The molecule has 0 aromatic carbocycles. The minimum absolute atomic E-state index is 0.0269. The molecule has 1 aliphatic rings. The van der Waals surface area contributed by atoms with E-state index in [1.165, 1.54) is 0 Å². The van der Waals surface area contributed by atoms with Gasteiger partial charge in [-0.2, -0.15) is 0 Å². The van der Waals surface area contributed by atoms with Gasteiger partial charge in [-0.05, 0) is 18.6 Å². The fraction of sp³-hybridized carbons (Fsp3) is 0.500. The third kappa shape index (κ3) is 3.18. The number of aromatic nitrogens is 2. The second-order valence-electron chi connectivity index (χ2n) is 4.54. The third-order valence-electron chi connectivity index (χ3n) is 3.12. The number of carbonyl (C=O) groups excluding carboxylic acids is 2. The molecule has 2 rings (SSSR count). The summed E-state index contributed by atoms with van der Waals surface area (Å²) in [5.41, 5.74) is 0.276. The van der Waals surface area contributed by atoms with Gasteiger partial charge < -0.3 is 15.5 Å². The number of hydrogen-bond donors (Lipinski definition) is 2. The van der Waals surface area contributed by atoms with Gasteiger partial charge in [0.05, 0.1) is 0 Å². The standard InChI is InChI=1S/C12H17N5O2/c1-13-10-5-4-9(15-16-10)12(19)14-8-3-6-11(18)17(2)7-8/h4-5,8H,3,6-7H2,1-2H3,(H,13,16)(H,14,19). The Morgan fingerprint density at radius 2 is 2.21 bits per heavy atom. The van der Waals surface area contributed by atoms with Crippen molar-refractivity contribution in [2.45, 2.75) is 18.9 Å². The van der Waals surface area contributed by atoms with Crippen LogP contribution in [0.5, 0.6) is 0 Å². The Hall–Kier alpha value is -2.18. The number of amides is 2. The third-order valence-corrected chi connectivity index (χ3v) is 3.12. The summed E-state index contributed by atoms with van der Waals surface area (Å²) < 4.78 is 0. The predicted molar refractivity (Wildman–Crippen MR) is 69.7 cm³/mol. The molecule has 1 fully saturated rings. The molecule has 7 heteroatoms. The maximum absolute atomic E-state index is 12.0. The summed E-state index contributed by atoms with van der Waals surface area (Å²) in [7, 11) is 3.47. The molecule has 1 unspecified atom stereocenters. The number of nitrogens with one attached hydrogen (secondary N) is 2. The smallest absolute Gasteiger partial charge is 0.272 e. The van der Waals surface area contributed by atoms with Gasteiger partial charge in [-0.1, -0.05) is 0 Å². The lowest BCUT2D eigenvalue weighted by Crippen LogP contribution is -2.48. The first kappa shape index (κ1) is 13.3. The SMILES string of the molecule is CNc1ccc(C(=O)NC2CCC(=O)N(C)C2)nn1. The number of likely N-dealkylation sites (tertiary alicyclic amines) is 1. The van der Waals surface area contributed by atoms with Crippen molar-refractivity contribution < 1.29 is 9.59 Å². The first-order valence-electron chi connectivity index (χ1n) is 6.16. The zero-order valence-corrected chi connectivity index (χ0v) is 11.0. The summed E-state index contributed by atoms with van der Waals surface area (Å²) in [6.07, 6.45) is 1.13. The van der Waals surface area contributed by atoms with Gasteiger partial charge in [-0.3, -0.25) is 9.59 Å². The van der Waals surface area contributed by atoms with Crippen molar-refractivity contribution in [1.82, 2.24) is 20.4 Å². The molecule has 1 aromatic rings. The summed E-state index contributed by atoms with van der Waals surface area (Å²) >= 11 is 0. The Kier molecular flexibility index (Phi) is 3.94. The maximum Gasteiger partial charge on any atom is 0.272 e. The van der Waals surface area contributed by atoms with Crippen LogP contribution >= 0.6 is 0 Å². The van der Waals surface area contributed by atoms with Gasteiger partial charge in [-0.15, -0.1) is 10.2 Å². The highest BCUT2D eigenvalue weighted by Crippen LogP contribution is 2.10. The zero-order chi connectivity index (χ0) is 13.8. The van der Waals surface area contributed by atoms with E-state index in [9.17, 15) is 9.59 Å². The minimum Gasteiger partial charge on any atom is -0.372 e. The molecule has 7 nitrogen and oxygen atoms in total.